The van der Waals surface area contributed by atoms with Crippen molar-refractivity contribution >= 4 is 29.4 Å². The zero-order chi connectivity index (χ0) is 26.1. The Morgan fingerprint density at radius 1 is 1.22 bits per heavy atom. The van der Waals surface area contributed by atoms with Crippen LogP contribution >= 0.6 is 11.6 Å². The number of nitrogens with zero attached hydrogens (tertiary/aromatic N) is 1. The van der Waals surface area contributed by atoms with Gasteiger partial charge in [-0.1, -0.05) is 69.7 Å². The number of ether oxygens (including phenoxy) is 1. The third kappa shape index (κ3) is 8.23. The minimum absolute atomic E-state index is 0.0198. The van der Waals surface area contributed by atoms with Gasteiger partial charge in [-0.25, -0.2) is 4.79 Å². The molecule has 2 amide bonds. The number of nitrogens with one attached hydrogen (secondary N) is 2. The summed E-state index contributed by atoms with van der Waals surface area (Å²) in [5.74, 6) is -0.648. The zero-order valence-electron chi connectivity index (χ0n) is 21.4. The molecule has 1 aromatic rings. The number of hydrogen-bond donors (Lipinski definition) is 2. The fourth-order valence-corrected chi connectivity index (χ4v) is 5.42. The van der Waals surface area contributed by atoms with E-state index in [1.165, 1.54) is 6.42 Å². The van der Waals surface area contributed by atoms with E-state index in [2.05, 4.69) is 16.7 Å². The second-order valence-corrected chi connectivity index (χ2v) is 11.4. The Labute approximate surface area is 219 Å². The van der Waals surface area contributed by atoms with Gasteiger partial charge in [0.05, 0.1) is 18.0 Å². The lowest BCUT2D eigenvalue weighted by Gasteiger charge is -2.28. The second-order valence-electron chi connectivity index (χ2n) is 10.9. The average Bonchev–Trinajstić information content (AvgIpc) is 3.26. The summed E-state index contributed by atoms with van der Waals surface area (Å²) in [4.78, 5) is 38.0. The summed E-state index contributed by atoms with van der Waals surface area (Å²) in [6.45, 7) is 4.67. The smallest absolute Gasteiger partial charge is 0.407 e. The number of carbonyl (C=O) groups excluding carboxylic acids is 3. The number of hydrogen-bond acceptors (Lipinski definition) is 5. The number of alkyl carbamates (subject to hydrolysis) is 1. The number of Topliss-reactive ketones (excluding diaryl/α,β-unsaturated/α-hetero) is 1. The monoisotopic (exact) mass is 515 g/mol. The molecule has 1 saturated heterocycles. The van der Waals surface area contributed by atoms with E-state index in [4.69, 9.17) is 16.3 Å². The fraction of sp³-hybridized carbons (Fsp3) is 0.643. The van der Waals surface area contributed by atoms with E-state index in [-0.39, 0.29) is 30.6 Å². The molecule has 7 nitrogen and oxygen atoms in total. The van der Waals surface area contributed by atoms with Crippen LogP contribution < -0.4 is 10.6 Å². The maximum absolute atomic E-state index is 13.3. The van der Waals surface area contributed by atoms with Gasteiger partial charge in [-0.05, 0) is 42.9 Å². The number of rotatable bonds is 11. The molecular formula is C28H38ClN3O4. The van der Waals surface area contributed by atoms with Crippen molar-refractivity contribution in [2.24, 2.45) is 17.8 Å². The summed E-state index contributed by atoms with van der Waals surface area (Å²) in [6.07, 6.45) is 6.50. The molecule has 0 spiro atoms. The molecule has 1 aromatic carbocycles. The fourth-order valence-electron chi connectivity index (χ4n) is 5.23. The maximum Gasteiger partial charge on any atom is 0.407 e. The van der Waals surface area contributed by atoms with E-state index in [1.807, 2.05) is 32.0 Å². The normalized spacial score (nSPS) is 20.2. The molecule has 1 heterocycles. The first-order valence-electron chi connectivity index (χ1n) is 13.1. The molecule has 1 aliphatic heterocycles. The first-order valence-corrected chi connectivity index (χ1v) is 13.4. The van der Waals surface area contributed by atoms with Gasteiger partial charge in [0.1, 0.15) is 6.61 Å². The van der Waals surface area contributed by atoms with Crippen molar-refractivity contribution in [3.63, 3.8) is 0 Å². The van der Waals surface area contributed by atoms with Gasteiger partial charge >= 0.3 is 6.09 Å². The molecule has 3 atom stereocenters. The van der Waals surface area contributed by atoms with Gasteiger partial charge in [0.15, 0.2) is 5.78 Å². The minimum atomic E-state index is -0.705. The van der Waals surface area contributed by atoms with Gasteiger partial charge < -0.3 is 15.4 Å². The van der Waals surface area contributed by atoms with Crippen LogP contribution in [0.15, 0.2) is 24.3 Å². The van der Waals surface area contributed by atoms with Crippen LogP contribution in [0, 0.1) is 29.1 Å². The number of benzene rings is 1. The predicted molar refractivity (Wildman–Crippen MR) is 138 cm³/mol. The molecule has 3 rings (SSSR count). The summed E-state index contributed by atoms with van der Waals surface area (Å²) in [5, 5.41) is 15.9. The SMILES string of the molecule is CC(C)(COC(=O)N[C@@H](CC1CCCCC1)C(=O)C[C@H](C#N)CC1CCNC1=O)c1cccc(Cl)c1. The maximum atomic E-state index is 13.3. The van der Waals surface area contributed by atoms with Crippen LogP contribution in [-0.2, 0) is 19.7 Å². The van der Waals surface area contributed by atoms with E-state index < -0.39 is 23.5 Å². The molecule has 0 radical (unpaired) electrons. The van der Waals surface area contributed by atoms with E-state index in [9.17, 15) is 19.6 Å². The van der Waals surface area contributed by atoms with E-state index in [0.717, 1.165) is 31.2 Å². The van der Waals surface area contributed by atoms with Crippen molar-refractivity contribution in [2.45, 2.75) is 83.1 Å². The number of ketones is 1. The molecule has 1 saturated carbocycles. The third-order valence-corrected chi connectivity index (χ3v) is 7.74. The lowest BCUT2D eigenvalue weighted by molar-refractivity contribution is -0.124. The van der Waals surface area contributed by atoms with E-state index in [0.29, 0.717) is 36.7 Å². The molecule has 2 fully saturated rings. The van der Waals surface area contributed by atoms with Crippen LogP contribution in [0.4, 0.5) is 4.79 Å². The van der Waals surface area contributed by atoms with E-state index >= 15 is 0 Å². The topological polar surface area (TPSA) is 108 Å². The molecule has 0 bridgehead atoms. The summed E-state index contributed by atoms with van der Waals surface area (Å²) < 4.78 is 5.56. The minimum Gasteiger partial charge on any atom is -0.449 e. The summed E-state index contributed by atoms with van der Waals surface area (Å²) in [7, 11) is 0. The highest BCUT2D eigenvalue weighted by Crippen LogP contribution is 2.29. The van der Waals surface area contributed by atoms with Crippen LogP contribution in [-0.4, -0.2) is 37.0 Å². The second kappa shape index (κ2) is 13.1. The Morgan fingerprint density at radius 3 is 2.61 bits per heavy atom. The van der Waals surface area contributed by atoms with Crippen molar-refractivity contribution in [3.05, 3.63) is 34.9 Å². The number of nitriles is 1. The van der Waals surface area contributed by atoms with Crippen LogP contribution in [0.5, 0.6) is 0 Å². The third-order valence-electron chi connectivity index (χ3n) is 7.51. The van der Waals surface area contributed by atoms with Crippen LogP contribution in [0.1, 0.15) is 77.2 Å². The number of carbonyl (C=O) groups is 3. The first kappa shape index (κ1) is 28.0. The highest BCUT2D eigenvalue weighted by Gasteiger charge is 2.32. The Balaban J connectivity index is 1.61. The van der Waals surface area contributed by atoms with Crippen molar-refractivity contribution in [1.82, 2.24) is 10.6 Å². The largest absolute Gasteiger partial charge is 0.449 e. The van der Waals surface area contributed by atoms with E-state index in [1.54, 1.807) is 6.07 Å². The predicted octanol–water partition coefficient (Wildman–Crippen LogP) is 5.31. The van der Waals surface area contributed by atoms with Crippen LogP contribution in [0.3, 0.4) is 0 Å². The lowest BCUT2D eigenvalue weighted by atomic mass is 9.82. The lowest BCUT2D eigenvalue weighted by Crippen LogP contribution is -2.44. The average molecular weight is 516 g/mol. The molecule has 196 valence electrons. The molecule has 1 aliphatic carbocycles. The molecule has 36 heavy (non-hydrogen) atoms. The number of halogens is 1. The Morgan fingerprint density at radius 2 is 1.97 bits per heavy atom. The van der Waals surface area contributed by atoms with Gasteiger partial charge in [0, 0.05) is 29.3 Å². The standard InChI is InChI=1S/C28H38ClN3O4/c1-28(2,22-9-6-10-23(29)16-22)18-36-27(35)32-24(14-19-7-4-3-5-8-19)25(33)15-20(17-30)13-21-11-12-31-26(21)34/h6,9-10,16,19-21,24H,3-5,7-8,11-15,18H2,1-2H3,(H,31,34)(H,32,35)/t20-,21?,24+/m1/s1. The molecule has 2 aliphatic rings. The molecule has 8 heteroatoms. The van der Waals surface area contributed by atoms with Crippen molar-refractivity contribution < 1.29 is 19.1 Å². The summed E-state index contributed by atoms with van der Waals surface area (Å²) in [5.41, 5.74) is 0.490. The Kier molecular flexibility index (Phi) is 10.2. The van der Waals surface area contributed by atoms with Crippen molar-refractivity contribution in [3.8, 4) is 6.07 Å². The van der Waals surface area contributed by atoms with Gasteiger partial charge in [0.25, 0.3) is 0 Å². The van der Waals surface area contributed by atoms with Gasteiger partial charge in [-0.2, -0.15) is 5.26 Å². The molecule has 2 N–H and O–H groups in total. The van der Waals surface area contributed by atoms with Crippen molar-refractivity contribution in [1.29, 1.82) is 5.26 Å². The zero-order valence-corrected chi connectivity index (χ0v) is 22.1. The first-order chi connectivity index (χ1) is 17.2. The van der Waals surface area contributed by atoms with Gasteiger partial charge in [-0.15, -0.1) is 0 Å². The Bertz CT molecular complexity index is 968. The van der Waals surface area contributed by atoms with Gasteiger partial charge in [0.2, 0.25) is 5.91 Å². The van der Waals surface area contributed by atoms with Crippen molar-refractivity contribution in [2.75, 3.05) is 13.2 Å². The van der Waals surface area contributed by atoms with Gasteiger partial charge in [-0.3, -0.25) is 9.59 Å². The Hall–Kier alpha value is -2.59. The summed E-state index contributed by atoms with van der Waals surface area (Å²) in [6, 6.07) is 8.95. The highest BCUT2D eigenvalue weighted by molar-refractivity contribution is 6.30. The quantitative estimate of drug-likeness (QED) is 0.415. The molecule has 0 aromatic heterocycles. The number of amides is 2. The van der Waals surface area contributed by atoms with Crippen LogP contribution in [0.25, 0.3) is 0 Å². The summed E-state index contributed by atoms with van der Waals surface area (Å²) >= 11 is 6.12. The van der Waals surface area contributed by atoms with Crippen LogP contribution in [0.2, 0.25) is 5.02 Å². The highest BCUT2D eigenvalue weighted by atomic mass is 35.5. The molecule has 1 unspecified atom stereocenters. The molecular weight excluding hydrogens is 478 g/mol.